The Morgan fingerprint density at radius 3 is 2.50 bits per heavy atom. The van der Waals surface area contributed by atoms with Crippen LogP contribution in [0.5, 0.6) is 5.75 Å². The molecular weight excluding hydrogens is 430 g/mol. The van der Waals surface area contributed by atoms with E-state index in [4.69, 9.17) is 21.1 Å². The third-order valence-corrected chi connectivity index (χ3v) is 6.31. The molecule has 1 N–H and O–H groups in total. The van der Waals surface area contributed by atoms with Crippen LogP contribution in [0.15, 0.2) is 24.3 Å². The van der Waals surface area contributed by atoms with Crippen molar-refractivity contribution in [1.29, 1.82) is 0 Å². The van der Waals surface area contributed by atoms with Crippen molar-refractivity contribution in [2.45, 2.75) is 33.7 Å². The summed E-state index contributed by atoms with van der Waals surface area (Å²) in [5, 5.41) is 0.616. The van der Waals surface area contributed by atoms with Gasteiger partial charge in [-0.25, -0.2) is 4.79 Å². The number of aromatic amines is 1. The van der Waals surface area contributed by atoms with Gasteiger partial charge in [-0.1, -0.05) is 23.7 Å². The minimum atomic E-state index is -0.391. The van der Waals surface area contributed by atoms with Gasteiger partial charge in [0.15, 0.2) is 5.78 Å². The molecule has 1 unspecified atom stereocenters. The molecule has 2 aromatic rings. The number of rotatable bonds is 9. The van der Waals surface area contributed by atoms with Crippen LogP contribution in [-0.2, 0) is 4.74 Å². The first kappa shape index (κ1) is 24.3. The van der Waals surface area contributed by atoms with Gasteiger partial charge in [0.2, 0.25) is 0 Å². The highest BCUT2D eigenvalue weighted by atomic mass is 35.5. The molecule has 8 heteroatoms. The monoisotopic (exact) mass is 461 g/mol. The fourth-order valence-electron chi connectivity index (χ4n) is 4.10. The van der Waals surface area contributed by atoms with Crippen LogP contribution in [0.3, 0.4) is 0 Å². The lowest BCUT2D eigenvalue weighted by molar-refractivity contribution is 0.0525. The van der Waals surface area contributed by atoms with Gasteiger partial charge in [0.25, 0.3) is 0 Å². The van der Waals surface area contributed by atoms with E-state index in [2.05, 4.69) is 14.8 Å². The third kappa shape index (κ3) is 5.52. The van der Waals surface area contributed by atoms with E-state index in [9.17, 15) is 9.59 Å². The van der Waals surface area contributed by atoms with Gasteiger partial charge < -0.3 is 14.5 Å². The number of ketones is 1. The maximum absolute atomic E-state index is 13.2. The fourth-order valence-corrected chi connectivity index (χ4v) is 4.29. The second-order valence-corrected chi connectivity index (χ2v) is 8.45. The van der Waals surface area contributed by atoms with Crippen molar-refractivity contribution in [3.63, 3.8) is 0 Å². The average Bonchev–Trinajstić information content (AvgIpc) is 3.08. The Morgan fingerprint density at radius 1 is 1.16 bits per heavy atom. The molecule has 3 rings (SSSR count). The zero-order valence-corrected chi connectivity index (χ0v) is 20.0. The van der Waals surface area contributed by atoms with E-state index in [1.165, 1.54) is 0 Å². The molecule has 1 aromatic carbocycles. The Labute approximate surface area is 194 Å². The van der Waals surface area contributed by atoms with Crippen molar-refractivity contribution in [3.05, 3.63) is 51.8 Å². The summed E-state index contributed by atoms with van der Waals surface area (Å²) in [6.45, 7) is 12.3. The van der Waals surface area contributed by atoms with E-state index in [0.29, 0.717) is 46.5 Å². The number of nitrogens with zero attached hydrogens (tertiary/aromatic N) is 2. The number of benzene rings is 1. The molecule has 1 aromatic heterocycles. The molecule has 0 amide bonds. The van der Waals surface area contributed by atoms with Crippen molar-refractivity contribution in [3.8, 4) is 5.75 Å². The van der Waals surface area contributed by atoms with Gasteiger partial charge in [0.1, 0.15) is 12.4 Å². The molecule has 1 atom stereocenters. The Hall–Kier alpha value is -2.35. The minimum absolute atomic E-state index is 0.00310. The summed E-state index contributed by atoms with van der Waals surface area (Å²) in [4.78, 5) is 33.0. The lowest BCUT2D eigenvalue weighted by Crippen LogP contribution is -2.52. The van der Waals surface area contributed by atoms with Crippen LogP contribution in [0, 0.1) is 13.8 Å². The Kier molecular flexibility index (Phi) is 8.34. The molecule has 1 aliphatic heterocycles. The number of aromatic nitrogens is 1. The van der Waals surface area contributed by atoms with Crippen LogP contribution in [0.25, 0.3) is 0 Å². The molecule has 0 spiro atoms. The lowest BCUT2D eigenvalue weighted by Gasteiger charge is -2.37. The maximum Gasteiger partial charge on any atom is 0.340 e. The molecule has 1 saturated heterocycles. The van der Waals surface area contributed by atoms with Gasteiger partial charge in [-0.05, 0) is 45.4 Å². The van der Waals surface area contributed by atoms with Crippen LogP contribution in [-0.4, -0.2) is 78.5 Å². The Balaban J connectivity index is 1.52. The molecular formula is C24H32ClN3O4. The standard InChI is InChI=1S/C24H32ClN3O4/c1-5-31-24(30)21-16(2)22(26-17(21)3)23(29)18(4)28-12-10-27(11-13-28)14-15-32-20-9-7-6-8-19(20)25/h6-9,18,26H,5,10-15H2,1-4H3. The summed E-state index contributed by atoms with van der Waals surface area (Å²) in [7, 11) is 0. The topological polar surface area (TPSA) is 74.9 Å². The summed E-state index contributed by atoms with van der Waals surface area (Å²) in [6, 6.07) is 7.19. The van der Waals surface area contributed by atoms with E-state index < -0.39 is 5.97 Å². The number of carbonyl (C=O) groups excluding carboxylic acids is 2. The predicted molar refractivity (Wildman–Crippen MR) is 125 cm³/mol. The van der Waals surface area contributed by atoms with E-state index in [1.807, 2.05) is 31.2 Å². The largest absolute Gasteiger partial charge is 0.491 e. The van der Waals surface area contributed by atoms with Crippen molar-refractivity contribution in [1.82, 2.24) is 14.8 Å². The zero-order chi connectivity index (χ0) is 23.3. The summed E-state index contributed by atoms with van der Waals surface area (Å²) < 4.78 is 10.9. The molecule has 0 radical (unpaired) electrons. The SMILES string of the molecule is CCOC(=O)c1c(C)[nH]c(C(=O)C(C)N2CCN(CCOc3ccccc3Cl)CC2)c1C. The molecule has 0 bridgehead atoms. The van der Waals surface area contributed by atoms with E-state index in [0.717, 1.165) is 32.7 Å². The Morgan fingerprint density at radius 2 is 1.84 bits per heavy atom. The van der Waals surface area contributed by atoms with Gasteiger partial charge in [-0.2, -0.15) is 0 Å². The van der Waals surface area contributed by atoms with Crippen molar-refractivity contribution in [2.75, 3.05) is 45.9 Å². The van der Waals surface area contributed by atoms with E-state index >= 15 is 0 Å². The fraction of sp³-hybridized carbons (Fsp3) is 0.500. The van der Waals surface area contributed by atoms with Gasteiger partial charge >= 0.3 is 5.97 Å². The van der Waals surface area contributed by atoms with Crippen LogP contribution < -0.4 is 4.74 Å². The normalized spacial score (nSPS) is 16.0. The van der Waals surface area contributed by atoms with Crippen LogP contribution in [0.4, 0.5) is 0 Å². The number of Topliss-reactive ketones (excluding diaryl/α,β-unsaturated/α-hetero) is 1. The molecule has 0 saturated carbocycles. The van der Waals surface area contributed by atoms with E-state index in [1.54, 1.807) is 20.8 Å². The number of aryl methyl sites for hydroxylation is 1. The third-order valence-electron chi connectivity index (χ3n) is 6.00. The molecule has 7 nitrogen and oxygen atoms in total. The van der Waals surface area contributed by atoms with Crippen molar-refractivity contribution >= 4 is 23.4 Å². The number of halogens is 1. The quantitative estimate of drug-likeness (QED) is 0.453. The first-order chi connectivity index (χ1) is 15.3. The van der Waals surface area contributed by atoms with Gasteiger partial charge in [-0.3, -0.25) is 14.6 Å². The lowest BCUT2D eigenvalue weighted by atomic mass is 10.0. The highest BCUT2D eigenvalue weighted by Crippen LogP contribution is 2.24. The number of carbonyl (C=O) groups is 2. The van der Waals surface area contributed by atoms with Crippen LogP contribution >= 0.6 is 11.6 Å². The first-order valence-corrected chi connectivity index (χ1v) is 11.5. The number of nitrogens with one attached hydrogen (secondary N) is 1. The molecule has 0 aliphatic carbocycles. The zero-order valence-electron chi connectivity index (χ0n) is 19.2. The first-order valence-electron chi connectivity index (χ1n) is 11.1. The van der Waals surface area contributed by atoms with Crippen molar-refractivity contribution < 1.29 is 19.1 Å². The number of ether oxygens (including phenoxy) is 2. The number of piperazine rings is 1. The highest BCUT2D eigenvalue weighted by molar-refractivity contribution is 6.32. The minimum Gasteiger partial charge on any atom is -0.491 e. The molecule has 1 aliphatic rings. The molecule has 2 heterocycles. The number of para-hydroxylation sites is 1. The number of H-pyrrole nitrogens is 1. The molecule has 32 heavy (non-hydrogen) atoms. The number of hydrogen-bond acceptors (Lipinski definition) is 6. The highest BCUT2D eigenvalue weighted by Gasteiger charge is 2.30. The number of hydrogen-bond donors (Lipinski definition) is 1. The van der Waals surface area contributed by atoms with Crippen LogP contribution in [0.2, 0.25) is 5.02 Å². The summed E-state index contributed by atoms with van der Waals surface area (Å²) in [5.41, 5.74) is 2.28. The van der Waals surface area contributed by atoms with Gasteiger partial charge in [-0.15, -0.1) is 0 Å². The van der Waals surface area contributed by atoms with Gasteiger partial charge in [0, 0.05) is 38.4 Å². The van der Waals surface area contributed by atoms with Gasteiger partial charge in [0.05, 0.1) is 28.9 Å². The summed E-state index contributed by atoms with van der Waals surface area (Å²) in [6.07, 6.45) is 0. The van der Waals surface area contributed by atoms with Crippen LogP contribution in [0.1, 0.15) is 46.0 Å². The predicted octanol–water partition coefficient (Wildman–Crippen LogP) is 3.73. The second kappa shape index (κ2) is 11.0. The number of esters is 1. The smallest absolute Gasteiger partial charge is 0.340 e. The molecule has 1 fully saturated rings. The second-order valence-electron chi connectivity index (χ2n) is 8.04. The summed E-state index contributed by atoms with van der Waals surface area (Å²) >= 11 is 6.13. The maximum atomic E-state index is 13.2. The molecule has 174 valence electrons. The van der Waals surface area contributed by atoms with E-state index in [-0.39, 0.29) is 11.8 Å². The summed E-state index contributed by atoms with van der Waals surface area (Å²) in [5.74, 6) is 0.306. The van der Waals surface area contributed by atoms with Crippen molar-refractivity contribution in [2.24, 2.45) is 0 Å². The Bertz CT molecular complexity index is 951. The average molecular weight is 462 g/mol.